The molecule has 0 aliphatic carbocycles. The number of allylic oxidation sites excluding steroid dienone is 1. The van der Waals surface area contributed by atoms with Crippen LogP contribution in [0, 0.1) is 10.1 Å². The zero-order valence-corrected chi connectivity index (χ0v) is 13.1. The van der Waals surface area contributed by atoms with E-state index >= 15 is 0 Å². The number of amides is 1. The summed E-state index contributed by atoms with van der Waals surface area (Å²) in [4.78, 5) is 34.0. The molecule has 0 saturated carbocycles. The van der Waals surface area contributed by atoms with Crippen LogP contribution in [0.15, 0.2) is 36.1 Å². The molecule has 1 aromatic carbocycles. The van der Waals surface area contributed by atoms with E-state index in [4.69, 9.17) is 14.2 Å². The Morgan fingerprint density at radius 2 is 2.08 bits per heavy atom. The number of nitrogens with zero attached hydrogens (tertiary/aromatic N) is 2. The van der Waals surface area contributed by atoms with Gasteiger partial charge in [-0.2, -0.15) is 0 Å². The standard InChI is InChI=1S/C15H16N2O7/c1-10(23-14-9-13(18)16(14)2)7-8-22-15(19)24-12-5-3-11(4-6-12)17(20)21/h3-7,14H,8-9H2,1-2H3/b10-7-. The summed E-state index contributed by atoms with van der Waals surface area (Å²) in [7, 11) is 1.64. The molecule has 0 aromatic heterocycles. The summed E-state index contributed by atoms with van der Waals surface area (Å²) in [6.45, 7) is 1.61. The number of hydrogen-bond acceptors (Lipinski definition) is 7. The maximum Gasteiger partial charge on any atom is 0.514 e. The molecule has 1 amide bonds. The second kappa shape index (κ2) is 7.44. The van der Waals surface area contributed by atoms with Crippen LogP contribution in [-0.4, -0.2) is 41.8 Å². The van der Waals surface area contributed by atoms with Crippen molar-refractivity contribution in [2.24, 2.45) is 0 Å². The van der Waals surface area contributed by atoms with E-state index in [9.17, 15) is 19.7 Å². The maximum absolute atomic E-state index is 11.5. The van der Waals surface area contributed by atoms with Crippen LogP contribution in [0.4, 0.5) is 10.5 Å². The molecule has 0 N–H and O–H groups in total. The molecule has 2 rings (SSSR count). The minimum atomic E-state index is -0.941. The molecule has 0 spiro atoms. The van der Waals surface area contributed by atoms with Crippen molar-refractivity contribution in [2.45, 2.75) is 19.6 Å². The topological polar surface area (TPSA) is 108 Å². The summed E-state index contributed by atoms with van der Waals surface area (Å²) < 4.78 is 15.2. The van der Waals surface area contributed by atoms with Gasteiger partial charge in [0, 0.05) is 19.2 Å². The lowest BCUT2D eigenvalue weighted by molar-refractivity contribution is -0.384. The predicted molar refractivity (Wildman–Crippen MR) is 81.1 cm³/mol. The second-order valence-corrected chi connectivity index (χ2v) is 5.01. The Hall–Kier alpha value is -3.10. The number of non-ortho nitro benzene ring substituents is 1. The lowest BCUT2D eigenvalue weighted by atomic mass is 10.2. The number of likely N-dealkylation sites (tertiary alicyclic amines) is 1. The van der Waals surface area contributed by atoms with Gasteiger partial charge in [-0.15, -0.1) is 0 Å². The number of ether oxygens (including phenoxy) is 3. The number of hydrogen-bond donors (Lipinski definition) is 0. The molecule has 1 saturated heterocycles. The zero-order valence-electron chi connectivity index (χ0n) is 13.1. The molecule has 0 bridgehead atoms. The van der Waals surface area contributed by atoms with Crippen molar-refractivity contribution in [1.82, 2.24) is 4.90 Å². The Morgan fingerprint density at radius 3 is 2.62 bits per heavy atom. The van der Waals surface area contributed by atoms with Crippen molar-refractivity contribution in [3.05, 3.63) is 46.2 Å². The van der Waals surface area contributed by atoms with E-state index in [0.29, 0.717) is 12.2 Å². The Morgan fingerprint density at radius 1 is 1.42 bits per heavy atom. The third kappa shape index (κ3) is 4.45. The first-order chi connectivity index (χ1) is 11.4. The minimum absolute atomic E-state index is 0.00993. The quantitative estimate of drug-likeness (QED) is 0.196. The molecule has 128 valence electrons. The average Bonchev–Trinajstić information content (AvgIpc) is 2.54. The van der Waals surface area contributed by atoms with Crippen LogP contribution < -0.4 is 4.74 Å². The number of rotatable bonds is 6. The summed E-state index contributed by atoms with van der Waals surface area (Å²) in [6.07, 6.45) is 0.628. The number of carbonyl (C=O) groups excluding carboxylic acids is 2. The normalized spacial score (nSPS) is 17.1. The summed E-state index contributed by atoms with van der Waals surface area (Å²) in [5.41, 5.74) is -0.106. The molecular formula is C15H16N2O7. The van der Waals surface area contributed by atoms with Gasteiger partial charge in [-0.05, 0) is 25.1 Å². The third-order valence-corrected chi connectivity index (χ3v) is 3.32. The van der Waals surface area contributed by atoms with Crippen LogP contribution in [0.2, 0.25) is 0 Å². The third-order valence-electron chi connectivity index (χ3n) is 3.32. The molecule has 0 radical (unpaired) electrons. The van der Waals surface area contributed by atoms with E-state index in [0.717, 1.165) is 0 Å². The zero-order chi connectivity index (χ0) is 17.7. The largest absolute Gasteiger partial charge is 0.514 e. The highest BCUT2D eigenvalue weighted by molar-refractivity contribution is 5.82. The fourth-order valence-corrected chi connectivity index (χ4v) is 1.85. The van der Waals surface area contributed by atoms with Crippen molar-refractivity contribution < 1.29 is 28.7 Å². The highest BCUT2D eigenvalue weighted by Gasteiger charge is 2.34. The molecule has 1 fully saturated rings. The van der Waals surface area contributed by atoms with Crippen molar-refractivity contribution in [3.63, 3.8) is 0 Å². The number of carbonyl (C=O) groups is 2. The molecule has 24 heavy (non-hydrogen) atoms. The van der Waals surface area contributed by atoms with Gasteiger partial charge in [0.15, 0.2) is 6.23 Å². The van der Waals surface area contributed by atoms with Crippen LogP contribution in [0.5, 0.6) is 5.75 Å². The smallest absolute Gasteiger partial charge is 0.475 e. The van der Waals surface area contributed by atoms with Gasteiger partial charge in [0.25, 0.3) is 5.69 Å². The molecule has 1 aliphatic rings. The SMILES string of the molecule is C/C(=C/COC(=O)Oc1ccc([N+](=O)[O-])cc1)OC1CC(=O)N1C. The van der Waals surface area contributed by atoms with Crippen LogP contribution in [0.1, 0.15) is 13.3 Å². The average molecular weight is 336 g/mol. The summed E-state index contributed by atoms with van der Waals surface area (Å²) >= 11 is 0. The first kappa shape index (κ1) is 17.3. The van der Waals surface area contributed by atoms with Gasteiger partial charge in [-0.1, -0.05) is 0 Å². The van der Waals surface area contributed by atoms with Crippen LogP contribution in [-0.2, 0) is 14.3 Å². The first-order valence-corrected chi connectivity index (χ1v) is 7.05. The van der Waals surface area contributed by atoms with Gasteiger partial charge in [-0.25, -0.2) is 4.79 Å². The van der Waals surface area contributed by atoms with E-state index < -0.39 is 11.1 Å². The van der Waals surface area contributed by atoms with Crippen molar-refractivity contribution in [1.29, 1.82) is 0 Å². The van der Waals surface area contributed by atoms with Gasteiger partial charge in [-0.3, -0.25) is 14.9 Å². The highest BCUT2D eigenvalue weighted by Crippen LogP contribution is 2.20. The summed E-state index contributed by atoms with van der Waals surface area (Å²) in [6, 6.07) is 5.04. The van der Waals surface area contributed by atoms with Gasteiger partial charge >= 0.3 is 6.16 Å². The van der Waals surface area contributed by atoms with E-state index in [-0.39, 0.29) is 30.2 Å². The molecular weight excluding hydrogens is 320 g/mol. The Balaban J connectivity index is 1.73. The first-order valence-electron chi connectivity index (χ1n) is 7.05. The summed E-state index contributed by atoms with van der Waals surface area (Å²) in [5, 5.41) is 10.5. The minimum Gasteiger partial charge on any atom is -0.475 e. The molecule has 9 heteroatoms. The number of β-lactam (4-membered cyclic amide) rings is 1. The molecule has 1 unspecified atom stereocenters. The fourth-order valence-electron chi connectivity index (χ4n) is 1.85. The monoisotopic (exact) mass is 336 g/mol. The Labute approximate surface area is 137 Å². The highest BCUT2D eigenvalue weighted by atomic mass is 16.7. The fraction of sp³-hybridized carbons (Fsp3) is 0.333. The van der Waals surface area contributed by atoms with Gasteiger partial charge in [0.05, 0.1) is 17.1 Å². The molecule has 1 heterocycles. The van der Waals surface area contributed by atoms with E-state index in [1.54, 1.807) is 14.0 Å². The Bertz CT molecular complexity index is 669. The number of nitro benzene ring substituents is 1. The van der Waals surface area contributed by atoms with Crippen molar-refractivity contribution in [3.8, 4) is 5.75 Å². The van der Waals surface area contributed by atoms with Crippen LogP contribution >= 0.6 is 0 Å². The van der Waals surface area contributed by atoms with Crippen molar-refractivity contribution >= 4 is 17.7 Å². The van der Waals surface area contributed by atoms with Crippen LogP contribution in [0.3, 0.4) is 0 Å². The molecule has 9 nitrogen and oxygen atoms in total. The maximum atomic E-state index is 11.5. The molecule has 1 aliphatic heterocycles. The van der Waals surface area contributed by atoms with E-state index in [2.05, 4.69) is 0 Å². The number of nitro groups is 1. The summed E-state index contributed by atoms with van der Waals surface area (Å²) in [5.74, 6) is 0.662. The number of benzene rings is 1. The van der Waals surface area contributed by atoms with Crippen molar-refractivity contribution in [2.75, 3.05) is 13.7 Å². The molecule has 1 atom stereocenters. The van der Waals surface area contributed by atoms with Gasteiger partial charge < -0.3 is 19.1 Å². The van der Waals surface area contributed by atoms with E-state index in [1.165, 1.54) is 35.2 Å². The van der Waals surface area contributed by atoms with E-state index in [1.807, 2.05) is 0 Å². The molecule has 1 aromatic rings. The second-order valence-electron chi connectivity index (χ2n) is 5.01. The Kier molecular flexibility index (Phi) is 5.35. The lowest BCUT2D eigenvalue weighted by Gasteiger charge is -2.37. The lowest BCUT2D eigenvalue weighted by Crippen LogP contribution is -2.51. The predicted octanol–water partition coefficient (Wildman–Crippen LogP) is 2.22. The van der Waals surface area contributed by atoms with Gasteiger partial charge in [0.2, 0.25) is 5.91 Å². The van der Waals surface area contributed by atoms with Gasteiger partial charge in [0.1, 0.15) is 12.4 Å². The van der Waals surface area contributed by atoms with Crippen LogP contribution in [0.25, 0.3) is 0 Å².